The van der Waals surface area contributed by atoms with E-state index in [0.29, 0.717) is 0 Å². The molecule has 0 aliphatic carbocycles. The zero-order valence-electron chi connectivity index (χ0n) is 34.1. The van der Waals surface area contributed by atoms with Gasteiger partial charge in [0.05, 0.1) is 22.4 Å². The number of hydrogen-bond donors (Lipinski definition) is 0. The maximum Gasteiger partial charge on any atom is 0.159 e. The molecule has 0 aliphatic rings. The van der Waals surface area contributed by atoms with Gasteiger partial charge >= 0.3 is 0 Å². The first-order valence-electron chi connectivity index (χ1n) is 21.2. The van der Waals surface area contributed by atoms with Gasteiger partial charge in [0.25, 0.3) is 0 Å². The van der Waals surface area contributed by atoms with Crippen molar-refractivity contribution in [2.45, 2.75) is 0 Å². The Bertz CT molecular complexity index is 3530. The van der Waals surface area contributed by atoms with Gasteiger partial charge in [0, 0.05) is 63.3 Å². The van der Waals surface area contributed by atoms with Crippen molar-refractivity contribution in [3.63, 3.8) is 0 Å². The maximum absolute atomic E-state index is 6.60. The highest BCUT2D eigenvalue weighted by Gasteiger charge is 2.20. The van der Waals surface area contributed by atoms with Crippen molar-refractivity contribution in [1.82, 2.24) is 14.5 Å². The second-order valence-corrected chi connectivity index (χ2v) is 15.8. The van der Waals surface area contributed by atoms with Crippen molar-refractivity contribution in [3.8, 4) is 50.2 Å². The number of nitrogens with zero attached hydrogens (tertiary/aromatic N) is 4. The highest BCUT2D eigenvalue weighted by Crippen LogP contribution is 2.44. The summed E-state index contributed by atoms with van der Waals surface area (Å²) in [5.41, 5.74) is 17.2. The smallest absolute Gasteiger partial charge is 0.159 e. The standard InChI is InChI=1S/C58H38N4O/c1-4-19-53(61(46-28-23-39(24-29-46)44-13-9-33-59-37-44)47-30-25-40(26-31-47)45-14-10-34-60-38-45)48(15-1)43-12-7-11-41(35-43)42-27-32-50-49-16-2-5-20-54(49)62(56(50)36-42)55-21-8-18-52-51-17-3-6-22-57(51)63-58(52)55/h1-38H. The summed E-state index contributed by atoms with van der Waals surface area (Å²) < 4.78 is 8.97. The van der Waals surface area contributed by atoms with Crippen LogP contribution >= 0.6 is 0 Å². The van der Waals surface area contributed by atoms with Crippen LogP contribution in [0.5, 0.6) is 0 Å². The van der Waals surface area contributed by atoms with Crippen molar-refractivity contribution in [2.24, 2.45) is 0 Å². The lowest BCUT2D eigenvalue weighted by atomic mass is 9.96. The molecule has 0 saturated heterocycles. The summed E-state index contributed by atoms with van der Waals surface area (Å²) in [6, 6.07) is 73.6. The normalized spacial score (nSPS) is 11.5. The van der Waals surface area contributed by atoms with Gasteiger partial charge in [-0.1, -0.05) is 133 Å². The van der Waals surface area contributed by atoms with E-state index in [9.17, 15) is 0 Å². The topological polar surface area (TPSA) is 47.1 Å². The highest BCUT2D eigenvalue weighted by atomic mass is 16.3. The van der Waals surface area contributed by atoms with E-state index < -0.39 is 0 Å². The lowest BCUT2D eigenvalue weighted by Gasteiger charge is -2.28. The van der Waals surface area contributed by atoms with E-state index in [4.69, 9.17) is 4.42 Å². The Hall–Kier alpha value is -8.54. The highest BCUT2D eigenvalue weighted by molar-refractivity contribution is 6.13. The molecule has 5 nitrogen and oxygen atoms in total. The van der Waals surface area contributed by atoms with E-state index >= 15 is 0 Å². The third-order valence-corrected chi connectivity index (χ3v) is 12.2. The van der Waals surface area contributed by atoms with Crippen molar-refractivity contribution >= 4 is 60.8 Å². The Labute approximate surface area is 364 Å². The number of benzene rings is 8. The molecular weight excluding hydrogens is 769 g/mol. The third-order valence-electron chi connectivity index (χ3n) is 12.2. The van der Waals surface area contributed by atoms with Crippen LogP contribution in [0.1, 0.15) is 0 Å². The van der Waals surface area contributed by atoms with Crippen molar-refractivity contribution in [1.29, 1.82) is 0 Å². The average Bonchev–Trinajstić information content (AvgIpc) is 3.91. The molecule has 4 heterocycles. The summed E-state index contributed by atoms with van der Waals surface area (Å²) in [6.07, 6.45) is 7.43. The largest absolute Gasteiger partial charge is 0.454 e. The van der Waals surface area contributed by atoms with E-state index in [1.165, 1.54) is 10.8 Å². The van der Waals surface area contributed by atoms with Crippen LogP contribution in [0.25, 0.3) is 93.9 Å². The molecule has 12 rings (SSSR count). The molecule has 296 valence electrons. The summed E-state index contributed by atoms with van der Waals surface area (Å²) >= 11 is 0. The van der Waals surface area contributed by atoms with Crippen LogP contribution in [-0.4, -0.2) is 14.5 Å². The Balaban J connectivity index is 0.984. The fourth-order valence-corrected chi connectivity index (χ4v) is 9.20. The molecule has 8 aromatic carbocycles. The first-order valence-corrected chi connectivity index (χ1v) is 21.2. The fourth-order valence-electron chi connectivity index (χ4n) is 9.20. The number of hydrogen-bond acceptors (Lipinski definition) is 4. The van der Waals surface area contributed by atoms with Crippen LogP contribution in [0.2, 0.25) is 0 Å². The van der Waals surface area contributed by atoms with Gasteiger partial charge < -0.3 is 13.9 Å². The molecule has 0 amide bonds. The average molecular weight is 807 g/mol. The quantitative estimate of drug-likeness (QED) is 0.153. The van der Waals surface area contributed by atoms with E-state index in [0.717, 1.165) is 100 Å². The maximum atomic E-state index is 6.60. The van der Waals surface area contributed by atoms with Crippen LogP contribution in [0, 0.1) is 0 Å². The summed E-state index contributed by atoms with van der Waals surface area (Å²) in [6.45, 7) is 0. The summed E-state index contributed by atoms with van der Waals surface area (Å²) in [5, 5.41) is 4.63. The molecule has 63 heavy (non-hydrogen) atoms. The van der Waals surface area contributed by atoms with Crippen molar-refractivity contribution in [3.05, 3.63) is 231 Å². The number of anilines is 3. The van der Waals surface area contributed by atoms with Gasteiger partial charge in [0.2, 0.25) is 0 Å². The van der Waals surface area contributed by atoms with E-state index in [1.807, 2.05) is 49.1 Å². The molecule has 0 saturated carbocycles. The van der Waals surface area contributed by atoms with E-state index in [2.05, 4.69) is 201 Å². The third kappa shape index (κ3) is 6.34. The molecule has 5 heteroatoms. The van der Waals surface area contributed by atoms with Crippen LogP contribution in [-0.2, 0) is 0 Å². The number of fused-ring (bicyclic) bond motifs is 6. The van der Waals surface area contributed by atoms with E-state index in [1.54, 1.807) is 0 Å². The van der Waals surface area contributed by atoms with Gasteiger partial charge in [-0.05, 0) is 112 Å². The molecule has 4 aromatic heterocycles. The fraction of sp³-hybridized carbons (Fsp3) is 0. The molecule has 0 fully saturated rings. The Morgan fingerprint density at radius 3 is 1.68 bits per heavy atom. The predicted octanol–water partition coefficient (Wildman–Crippen LogP) is 15.6. The summed E-state index contributed by atoms with van der Waals surface area (Å²) in [5.74, 6) is 0. The van der Waals surface area contributed by atoms with Crippen LogP contribution in [0.4, 0.5) is 17.1 Å². The Morgan fingerprint density at radius 1 is 0.381 bits per heavy atom. The van der Waals surface area contributed by atoms with Crippen LogP contribution in [0.3, 0.4) is 0 Å². The molecule has 0 aliphatic heterocycles. The lowest BCUT2D eigenvalue weighted by molar-refractivity contribution is 0.666. The first-order chi connectivity index (χ1) is 31.2. The number of furan rings is 1. The van der Waals surface area contributed by atoms with Gasteiger partial charge in [0.1, 0.15) is 5.58 Å². The molecule has 0 radical (unpaired) electrons. The molecule has 0 bridgehead atoms. The minimum Gasteiger partial charge on any atom is -0.454 e. The molecule has 0 spiro atoms. The van der Waals surface area contributed by atoms with Gasteiger partial charge in [0.15, 0.2) is 5.58 Å². The minimum absolute atomic E-state index is 0.883. The zero-order chi connectivity index (χ0) is 41.7. The second kappa shape index (κ2) is 15.2. The van der Waals surface area contributed by atoms with Crippen LogP contribution in [0.15, 0.2) is 235 Å². The van der Waals surface area contributed by atoms with Gasteiger partial charge in [-0.3, -0.25) is 9.97 Å². The Morgan fingerprint density at radius 2 is 0.952 bits per heavy atom. The van der Waals surface area contributed by atoms with Gasteiger partial charge in [-0.15, -0.1) is 0 Å². The number of aromatic nitrogens is 3. The zero-order valence-corrected chi connectivity index (χ0v) is 34.1. The van der Waals surface area contributed by atoms with Gasteiger partial charge in [-0.2, -0.15) is 0 Å². The minimum atomic E-state index is 0.883. The summed E-state index contributed by atoms with van der Waals surface area (Å²) in [4.78, 5) is 11.1. The predicted molar refractivity (Wildman–Crippen MR) is 260 cm³/mol. The lowest BCUT2D eigenvalue weighted by Crippen LogP contribution is -2.11. The van der Waals surface area contributed by atoms with E-state index in [-0.39, 0.29) is 0 Å². The SMILES string of the molecule is c1cncc(-c2ccc(N(c3ccc(-c4cccnc4)cc3)c3ccccc3-c3cccc(-c4ccc5c6ccccc6n(-c6cccc7c6oc6ccccc67)c5c4)c3)cc2)c1. The number of para-hydroxylation sites is 4. The number of pyridine rings is 2. The van der Waals surface area contributed by atoms with Crippen molar-refractivity contribution < 1.29 is 4.42 Å². The van der Waals surface area contributed by atoms with Gasteiger partial charge in [-0.25, -0.2) is 0 Å². The first kappa shape index (κ1) is 36.3. The van der Waals surface area contributed by atoms with Crippen LogP contribution < -0.4 is 4.90 Å². The molecule has 0 N–H and O–H groups in total. The molecule has 0 atom stereocenters. The molecular formula is C58H38N4O. The monoisotopic (exact) mass is 806 g/mol. The second-order valence-electron chi connectivity index (χ2n) is 15.8. The Kier molecular flexibility index (Phi) is 8.75. The molecule has 0 unspecified atom stereocenters. The molecule has 12 aromatic rings. The van der Waals surface area contributed by atoms with Crippen molar-refractivity contribution in [2.75, 3.05) is 4.90 Å². The summed E-state index contributed by atoms with van der Waals surface area (Å²) in [7, 11) is 0. The number of rotatable bonds is 8.